The summed E-state index contributed by atoms with van der Waals surface area (Å²) in [6.07, 6.45) is 13.0. The lowest BCUT2D eigenvalue weighted by Crippen LogP contribution is -2.33. The lowest BCUT2D eigenvalue weighted by molar-refractivity contribution is -0.118. The van der Waals surface area contributed by atoms with Gasteiger partial charge in [-0.1, -0.05) is 37.1 Å². The van der Waals surface area contributed by atoms with E-state index in [1.54, 1.807) is 14.2 Å². The molecule has 0 saturated heterocycles. The van der Waals surface area contributed by atoms with Crippen LogP contribution in [0.2, 0.25) is 0 Å². The average molecular weight is 475 g/mol. The van der Waals surface area contributed by atoms with E-state index < -0.39 is 0 Å². The van der Waals surface area contributed by atoms with Gasteiger partial charge < -0.3 is 20.1 Å². The minimum atomic E-state index is -0.0498. The summed E-state index contributed by atoms with van der Waals surface area (Å²) in [5, 5.41) is 6.78. The van der Waals surface area contributed by atoms with Gasteiger partial charge in [0, 0.05) is 45.6 Å². The van der Waals surface area contributed by atoms with Gasteiger partial charge in [-0.3, -0.25) is 4.79 Å². The fourth-order valence-electron chi connectivity index (χ4n) is 5.36. The summed E-state index contributed by atoms with van der Waals surface area (Å²) in [4.78, 5) is 12.8. The molecule has 2 N–H and O–H groups in total. The van der Waals surface area contributed by atoms with Crippen molar-refractivity contribution in [2.45, 2.75) is 71.4 Å². The molecule has 35 heavy (non-hydrogen) atoms. The number of nitrogens with one attached hydrogen (secondary N) is 2. The zero-order chi connectivity index (χ0) is 24.9. The van der Waals surface area contributed by atoms with Crippen molar-refractivity contribution in [1.82, 2.24) is 5.32 Å². The first kappa shape index (κ1) is 24.9. The minimum Gasteiger partial charge on any atom is -0.496 e. The molecule has 4 rings (SSSR count). The monoisotopic (exact) mass is 474 g/mol. The van der Waals surface area contributed by atoms with E-state index in [0.29, 0.717) is 11.6 Å². The summed E-state index contributed by atoms with van der Waals surface area (Å²) in [5.74, 6) is 1.52. The molecule has 186 valence electrons. The number of benzene rings is 2. The van der Waals surface area contributed by atoms with Crippen molar-refractivity contribution in [1.29, 1.82) is 0 Å². The van der Waals surface area contributed by atoms with Crippen LogP contribution in [0.3, 0.4) is 0 Å². The quantitative estimate of drug-likeness (QED) is 0.335. The van der Waals surface area contributed by atoms with Crippen molar-refractivity contribution < 1.29 is 14.3 Å². The van der Waals surface area contributed by atoms with Gasteiger partial charge in [-0.05, 0) is 70.2 Å². The van der Waals surface area contributed by atoms with Crippen LogP contribution in [0.4, 0.5) is 5.69 Å². The van der Waals surface area contributed by atoms with E-state index >= 15 is 0 Å². The number of ether oxygens (including phenoxy) is 2. The largest absolute Gasteiger partial charge is 0.496 e. The Morgan fingerprint density at radius 2 is 1.54 bits per heavy atom. The molecule has 5 nitrogen and oxygen atoms in total. The summed E-state index contributed by atoms with van der Waals surface area (Å²) in [7, 11) is 3.39. The van der Waals surface area contributed by atoms with Crippen LogP contribution >= 0.6 is 0 Å². The number of methoxy groups -OCH3 is 2. The van der Waals surface area contributed by atoms with Gasteiger partial charge in [-0.25, -0.2) is 0 Å². The van der Waals surface area contributed by atoms with Crippen LogP contribution in [-0.4, -0.2) is 32.2 Å². The number of carbonyl (C=O) groups excluding carboxylic acids is 1. The lowest BCUT2D eigenvalue weighted by atomic mass is 9.91. The Kier molecular flexibility index (Phi) is 7.84. The first-order valence-electron chi connectivity index (χ1n) is 12.7. The molecule has 2 aromatic carbocycles. The van der Waals surface area contributed by atoms with Gasteiger partial charge >= 0.3 is 0 Å². The molecular weight excluding hydrogens is 436 g/mol. The second kappa shape index (κ2) is 11.0. The molecule has 0 bridgehead atoms. The molecule has 1 fully saturated rings. The van der Waals surface area contributed by atoms with E-state index in [4.69, 9.17) is 9.47 Å². The lowest BCUT2D eigenvalue weighted by Gasteiger charge is -2.22. The highest BCUT2D eigenvalue weighted by molar-refractivity contribution is 5.98. The smallest absolute Gasteiger partial charge is 0.247 e. The van der Waals surface area contributed by atoms with Crippen LogP contribution in [0, 0.1) is 13.8 Å². The maximum Gasteiger partial charge on any atom is 0.247 e. The van der Waals surface area contributed by atoms with Gasteiger partial charge in [0.15, 0.2) is 0 Å². The fourth-order valence-corrected chi connectivity index (χ4v) is 5.36. The van der Waals surface area contributed by atoms with Gasteiger partial charge in [0.2, 0.25) is 5.91 Å². The van der Waals surface area contributed by atoms with Crippen LogP contribution in [0.25, 0.3) is 17.2 Å². The summed E-state index contributed by atoms with van der Waals surface area (Å²) in [6, 6.07) is 9.34. The molecule has 0 radical (unpaired) electrons. The summed E-state index contributed by atoms with van der Waals surface area (Å²) < 4.78 is 11.8. The SMILES string of the molecule is COc1c(C)c(-c2ccc(NC3CCCC3)cc2)c(OC)c(C)c1C=C(C)C(=O)NC1CC=CC1. The molecule has 0 heterocycles. The number of carbonyl (C=O) groups is 1. The van der Waals surface area contributed by atoms with E-state index in [1.807, 2.05) is 19.9 Å². The maximum absolute atomic E-state index is 12.8. The zero-order valence-corrected chi connectivity index (χ0v) is 21.7. The van der Waals surface area contributed by atoms with Crippen molar-refractivity contribution in [3.8, 4) is 22.6 Å². The fraction of sp³-hybridized carbons (Fsp3) is 0.433. The summed E-state index contributed by atoms with van der Waals surface area (Å²) >= 11 is 0. The van der Waals surface area contributed by atoms with E-state index in [2.05, 4.69) is 54.0 Å². The van der Waals surface area contributed by atoms with E-state index in [0.717, 1.165) is 57.8 Å². The molecule has 2 aliphatic rings. The van der Waals surface area contributed by atoms with Crippen molar-refractivity contribution >= 4 is 17.7 Å². The molecular formula is C30H38N2O3. The van der Waals surface area contributed by atoms with E-state index in [9.17, 15) is 4.79 Å². The predicted octanol–water partition coefficient (Wildman–Crippen LogP) is 6.58. The summed E-state index contributed by atoms with van der Waals surface area (Å²) in [5.41, 5.74) is 6.72. The molecule has 1 amide bonds. The third-order valence-electron chi connectivity index (χ3n) is 7.30. The Hall–Kier alpha value is -3.21. The van der Waals surface area contributed by atoms with Gasteiger partial charge in [0.1, 0.15) is 11.5 Å². The van der Waals surface area contributed by atoms with E-state index in [1.165, 1.54) is 25.7 Å². The van der Waals surface area contributed by atoms with Crippen molar-refractivity contribution in [2.24, 2.45) is 0 Å². The number of hydrogen-bond donors (Lipinski definition) is 2. The highest BCUT2D eigenvalue weighted by Gasteiger charge is 2.23. The highest BCUT2D eigenvalue weighted by atomic mass is 16.5. The maximum atomic E-state index is 12.8. The number of anilines is 1. The molecule has 0 unspecified atom stereocenters. The molecule has 5 heteroatoms. The number of amides is 1. The minimum absolute atomic E-state index is 0.0498. The normalized spacial score (nSPS) is 16.5. The number of hydrogen-bond acceptors (Lipinski definition) is 4. The molecule has 0 aromatic heterocycles. The van der Waals surface area contributed by atoms with Gasteiger partial charge in [-0.15, -0.1) is 0 Å². The Balaban J connectivity index is 1.67. The Morgan fingerprint density at radius 1 is 0.914 bits per heavy atom. The zero-order valence-electron chi connectivity index (χ0n) is 21.7. The molecule has 0 atom stereocenters. The molecule has 2 aromatic rings. The topological polar surface area (TPSA) is 59.6 Å². The van der Waals surface area contributed by atoms with Crippen LogP contribution in [-0.2, 0) is 4.79 Å². The van der Waals surface area contributed by atoms with Crippen molar-refractivity contribution in [3.63, 3.8) is 0 Å². The first-order chi connectivity index (χ1) is 16.9. The molecule has 1 saturated carbocycles. The van der Waals surface area contributed by atoms with E-state index in [-0.39, 0.29) is 11.9 Å². The third-order valence-corrected chi connectivity index (χ3v) is 7.30. The Bertz CT molecular complexity index is 1120. The van der Waals surface area contributed by atoms with Crippen LogP contribution in [0.15, 0.2) is 42.0 Å². The third kappa shape index (κ3) is 5.39. The molecule has 0 spiro atoms. The standard InChI is InChI=1S/C30H38N2O3/c1-19(30(33)32-24-12-8-9-13-24)18-26-20(2)29(35-5)27(21(3)28(26)34-4)22-14-16-25(17-15-22)31-23-10-6-7-11-23/h8-9,14-18,23-24,31H,6-7,10-13H2,1-5H3,(H,32,33). The highest BCUT2D eigenvalue weighted by Crippen LogP contribution is 2.45. The average Bonchev–Trinajstić information content (AvgIpc) is 3.56. The van der Waals surface area contributed by atoms with Crippen LogP contribution in [0.1, 0.15) is 62.1 Å². The molecule has 0 aliphatic heterocycles. The Labute approximate surface area is 209 Å². The first-order valence-corrected chi connectivity index (χ1v) is 12.7. The van der Waals surface area contributed by atoms with Crippen LogP contribution < -0.4 is 20.1 Å². The Morgan fingerprint density at radius 3 is 2.14 bits per heavy atom. The second-order valence-electron chi connectivity index (χ2n) is 9.75. The van der Waals surface area contributed by atoms with Gasteiger partial charge in [-0.2, -0.15) is 0 Å². The van der Waals surface area contributed by atoms with Gasteiger partial charge in [0.05, 0.1) is 14.2 Å². The van der Waals surface area contributed by atoms with Crippen molar-refractivity contribution in [2.75, 3.05) is 19.5 Å². The van der Waals surface area contributed by atoms with Crippen molar-refractivity contribution in [3.05, 3.63) is 58.7 Å². The molecule has 2 aliphatic carbocycles. The predicted molar refractivity (Wildman–Crippen MR) is 144 cm³/mol. The number of rotatable bonds is 8. The van der Waals surface area contributed by atoms with Gasteiger partial charge in [0.25, 0.3) is 0 Å². The summed E-state index contributed by atoms with van der Waals surface area (Å²) in [6.45, 7) is 5.93. The van der Waals surface area contributed by atoms with Crippen LogP contribution in [0.5, 0.6) is 11.5 Å². The second-order valence-corrected chi connectivity index (χ2v) is 9.75.